The minimum Gasteiger partial charge on any atom is -0.423 e. The molecule has 1 aromatic heterocycles. The minimum absolute atomic E-state index is 0.458. The number of nitrogen functional groups attached to an aromatic ring is 1. The normalized spacial score (nSPS) is 10.8. The number of aryl methyl sites for hydroxylation is 2. The van der Waals surface area contributed by atoms with Crippen LogP contribution in [0.2, 0.25) is 0 Å². The molecule has 19 heavy (non-hydrogen) atoms. The van der Waals surface area contributed by atoms with Crippen molar-refractivity contribution in [3.8, 4) is 0 Å². The van der Waals surface area contributed by atoms with Crippen molar-refractivity contribution in [2.24, 2.45) is 0 Å². The van der Waals surface area contributed by atoms with Crippen LogP contribution >= 0.6 is 0 Å². The van der Waals surface area contributed by atoms with E-state index in [9.17, 15) is 0 Å². The lowest BCUT2D eigenvalue weighted by atomic mass is 10.1. The van der Waals surface area contributed by atoms with Crippen LogP contribution in [-0.2, 0) is 0 Å². The number of fused-ring (bicyclic) bond motifs is 1. The molecule has 0 amide bonds. The van der Waals surface area contributed by atoms with Crippen molar-refractivity contribution in [1.82, 2.24) is 4.98 Å². The van der Waals surface area contributed by atoms with Crippen molar-refractivity contribution in [1.29, 1.82) is 0 Å². The Morgan fingerprint density at radius 1 is 1.16 bits per heavy atom. The highest BCUT2D eigenvalue weighted by atomic mass is 16.4. The van der Waals surface area contributed by atoms with Gasteiger partial charge >= 0.3 is 0 Å². The lowest BCUT2D eigenvalue weighted by Gasteiger charge is -2.06. The molecule has 0 unspecified atom stereocenters. The van der Waals surface area contributed by atoms with Gasteiger partial charge in [-0.3, -0.25) is 0 Å². The Balaban J connectivity index is 1.99. The molecule has 2 aromatic carbocycles. The summed E-state index contributed by atoms with van der Waals surface area (Å²) in [6, 6.07) is 12.1. The highest BCUT2D eigenvalue weighted by Gasteiger charge is 2.09. The van der Waals surface area contributed by atoms with Crippen LogP contribution in [-0.4, -0.2) is 4.98 Å². The van der Waals surface area contributed by atoms with Gasteiger partial charge in [0.2, 0.25) is 0 Å². The fraction of sp³-hybridized carbons (Fsp3) is 0.133. The third-order valence-corrected chi connectivity index (χ3v) is 3.07. The second-order valence-corrected chi connectivity index (χ2v) is 4.66. The highest BCUT2D eigenvalue weighted by Crippen LogP contribution is 2.27. The Hall–Kier alpha value is -2.49. The Morgan fingerprint density at radius 2 is 2.00 bits per heavy atom. The molecular formula is C15H15N3O. The molecule has 1 heterocycles. The van der Waals surface area contributed by atoms with Gasteiger partial charge in [-0.25, -0.2) is 0 Å². The smallest absolute Gasteiger partial charge is 0.300 e. The van der Waals surface area contributed by atoms with E-state index in [-0.39, 0.29) is 0 Å². The maximum Gasteiger partial charge on any atom is 0.300 e. The van der Waals surface area contributed by atoms with E-state index in [4.69, 9.17) is 10.2 Å². The molecule has 0 atom stereocenters. The third-order valence-electron chi connectivity index (χ3n) is 3.07. The summed E-state index contributed by atoms with van der Waals surface area (Å²) >= 11 is 0. The van der Waals surface area contributed by atoms with E-state index in [0.717, 1.165) is 11.3 Å². The molecule has 96 valence electrons. The summed E-state index contributed by atoms with van der Waals surface area (Å²) in [5.41, 5.74) is 11.2. The van der Waals surface area contributed by atoms with Gasteiger partial charge in [-0.1, -0.05) is 23.8 Å². The van der Waals surface area contributed by atoms with Crippen LogP contribution in [0.25, 0.3) is 11.1 Å². The zero-order chi connectivity index (χ0) is 13.4. The maximum atomic E-state index is 5.86. The summed E-state index contributed by atoms with van der Waals surface area (Å²) < 4.78 is 5.64. The zero-order valence-corrected chi connectivity index (χ0v) is 10.9. The quantitative estimate of drug-likeness (QED) is 0.682. The van der Waals surface area contributed by atoms with E-state index in [1.54, 1.807) is 0 Å². The van der Waals surface area contributed by atoms with Crippen LogP contribution < -0.4 is 11.1 Å². The molecule has 0 bridgehead atoms. The standard InChI is InChI=1S/C15H15N3O/c1-9-6-7-12(10(2)8-9)17-15-18-14-11(16)4-3-5-13(14)19-15/h3-8H,16H2,1-2H3,(H,17,18). The van der Waals surface area contributed by atoms with Gasteiger partial charge in [0.1, 0.15) is 5.52 Å². The van der Waals surface area contributed by atoms with E-state index in [1.807, 2.05) is 37.3 Å². The number of anilines is 3. The summed E-state index contributed by atoms with van der Waals surface area (Å²) in [4.78, 5) is 4.37. The fourth-order valence-corrected chi connectivity index (χ4v) is 2.09. The van der Waals surface area contributed by atoms with Crippen LogP contribution in [0.4, 0.5) is 17.4 Å². The first kappa shape index (κ1) is 11.6. The van der Waals surface area contributed by atoms with E-state index in [1.165, 1.54) is 5.56 Å². The Labute approximate surface area is 111 Å². The van der Waals surface area contributed by atoms with Gasteiger partial charge in [-0.15, -0.1) is 0 Å². The molecule has 3 aromatic rings. The topological polar surface area (TPSA) is 64.1 Å². The molecule has 3 N–H and O–H groups in total. The molecule has 4 heteroatoms. The number of para-hydroxylation sites is 1. The lowest BCUT2D eigenvalue weighted by molar-refractivity contribution is 0.623. The van der Waals surface area contributed by atoms with Crippen LogP contribution in [0.5, 0.6) is 0 Å². The van der Waals surface area contributed by atoms with Crippen LogP contribution in [0.15, 0.2) is 40.8 Å². The molecule has 0 fully saturated rings. The number of nitrogens with two attached hydrogens (primary N) is 1. The fourth-order valence-electron chi connectivity index (χ4n) is 2.09. The van der Waals surface area contributed by atoms with E-state index in [2.05, 4.69) is 23.3 Å². The molecule has 0 spiro atoms. The van der Waals surface area contributed by atoms with Crippen LogP contribution in [0.1, 0.15) is 11.1 Å². The van der Waals surface area contributed by atoms with Crippen molar-refractivity contribution in [3.05, 3.63) is 47.5 Å². The number of hydrogen-bond donors (Lipinski definition) is 2. The highest BCUT2D eigenvalue weighted by molar-refractivity contribution is 5.86. The predicted octanol–water partition coefficient (Wildman–Crippen LogP) is 3.77. The summed E-state index contributed by atoms with van der Waals surface area (Å²) in [6.45, 7) is 4.11. The Kier molecular flexibility index (Phi) is 2.63. The number of hydrogen-bond acceptors (Lipinski definition) is 4. The number of nitrogens with one attached hydrogen (secondary N) is 1. The maximum absolute atomic E-state index is 5.86. The van der Waals surface area contributed by atoms with Gasteiger partial charge < -0.3 is 15.5 Å². The van der Waals surface area contributed by atoms with Gasteiger partial charge in [0.05, 0.1) is 5.69 Å². The first-order chi connectivity index (χ1) is 9.13. The summed E-state index contributed by atoms with van der Waals surface area (Å²) in [7, 11) is 0. The summed E-state index contributed by atoms with van der Waals surface area (Å²) in [5.74, 6) is 0. The lowest BCUT2D eigenvalue weighted by Crippen LogP contribution is -1.93. The second-order valence-electron chi connectivity index (χ2n) is 4.66. The zero-order valence-electron chi connectivity index (χ0n) is 10.9. The van der Waals surface area contributed by atoms with Crippen molar-refractivity contribution >= 4 is 28.5 Å². The predicted molar refractivity (Wildman–Crippen MR) is 77.6 cm³/mol. The van der Waals surface area contributed by atoms with Crippen molar-refractivity contribution in [3.63, 3.8) is 0 Å². The molecule has 4 nitrogen and oxygen atoms in total. The first-order valence-corrected chi connectivity index (χ1v) is 6.13. The number of benzene rings is 2. The molecule has 0 radical (unpaired) electrons. The molecule has 0 saturated carbocycles. The molecule has 0 saturated heterocycles. The SMILES string of the molecule is Cc1ccc(Nc2nc3c(N)cccc3o2)c(C)c1. The van der Waals surface area contributed by atoms with Gasteiger partial charge in [-0.2, -0.15) is 4.98 Å². The van der Waals surface area contributed by atoms with Gasteiger partial charge in [0.15, 0.2) is 5.58 Å². The van der Waals surface area contributed by atoms with Crippen molar-refractivity contribution in [2.75, 3.05) is 11.1 Å². The number of aromatic nitrogens is 1. The molecule has 0 aliphatic carbocycles. The molecule has 3 rings (SSSR count). The Morgan fingerprint density at radius 3 is 2.74 bits per heavy atom. The summed E-state index contributed by atoms with van der Waals surface area (Å²) in [6.07, 6.45) is 0. The van der Waals surface area contributed by atoms with Crippen LogP contribution in [0.3, 0.4) is 0 Å². The van der Waals surface area contributed by atoms with E-state index < -0.39 is 0 Å². The molecule has 0 aliphatic rings. The van der Waals surface area contributed by atoms with Gasteiger partial charge in [-0.05, 0) is 37.6 Å². The monoisotopic (exact) mass is 253 g/mol. The average Bonchev–Trinajstić information content (AvgIpc) is 2.77. The summed E-state index contributed by atoms with van der Waals surface area (Å²) in [5, 5.41) is 3.18. The van der Waals surface area contributed by atoms with Crippen LogP contribution in [0, 0.1) is 13.8 Å². The first-order valence-electron chi connectivity index (χ1n) is 6.13. The Bertz CT molecular complexity index is 746. The van der Waals surface area contributed by atoms with E-state index in [0.29, 0.717) is 22.8 Å². The van der Waals surface area contributed by atoms with Gasteiger partial charge in [0.25, 0.3) is 6.01 Å². The minimum atomic E-state index is 0.458. The number of nitrogens with zero attached hydrogens (tertiary/aromatic N) is 1. The van der Waals surface area contributed by atoms with Crippen molar-refractivity contribution in [2.45, 2.75) is 13.8 Å². The molecule has 0 aliphatic heterocycles. The number of rotatable bonds is 2. The third kappa shape index (κ3) is 2.12. The molecular weight excluding hydrogens is 238 g/mol. The largest absolute Gasteiger partial charge is 0.423 e. The number of oxazole rings is 1. The van der Waals surface area contributed by atoms with Crippen molar-refractivity contribution < 1.29 is 4.42 Å². The second kappa shape index (κ2) is 4.31. The average molecular weight is 253 g/mol. The van der Waals surface area contributed by atoms with E-state index >= 15 is 0 Å². The van der Waals surface area contributed by atoms with Gasteiger partial charge in [0, 0.05) is 5.69 Å².